The van der Waals surface area contributed by atoms with Crippen LogP contribution in [-0.2, 0) is 28.7 Å². The predicted octanol–water partition coefficient (Wildman–Crippen LogP) is 6.69. The van der Waals surface area contributed by atoms with Crippen LogP contribution in [0.25, 0.3) is 21.8 Å². The molecule has 46 heavy (non-hydrogen) atoms. The summed E-state index contributed by atoms with van der Waals surface area (Å²) >= 11 is 0. The number of aliphatic hydroxyl groups excluding tert-OH is 1. The zero-order valence-corrected chi connectivity index (χ0v) is 28.2. The highest BCUT2D eigenvalue weighted by atomic mass is 16.6. The van der Waals surface area contributed by atoms with E-state index >= 15 is 0 Å². The van der Waals surface area contributed by atoms with Gasteiger partial charge in [0.05, 0.1) is 6.10 Å². The van der Waals surface area contributed by atoms with E-state index < -0.39 is 30.3 Å². The molecule has 5 unspecified atom stereocenters. The second kappa shape index (κ2) is 17.1. The van der Waals surface area contributed by atoms with Gasteiger partial charge in [0.25, 0.3) is 0 Å². The fraction of sp³-hybridized carbons (Fsp3) is 0.514. The first-order chi connectivity index (χ1) is 21.8. The number of aromatic nitrogens is 1. The number of rotatable bonds is 14. The largest absolute Gasteiger partial charge is 0.462 e. The molecule has 1 saturated heterocycles. The molecule has 1 N–H and O–H groups in total. The number of Topliss-reactive ketones (excluding diaryl/α,β-unsaturated/α-hetero) is 1. The molecular formula is C37H50N2O7. The number of fused-ring (bicyclic) bond motifs is 3. The molecule has 9 heteroatoms. The summed E-state index contributed by atoms with van der Waals surface area (Å²) < 4.78 is 13.9. The maximum atomic E-state index is 12.8. The van der Waals surface area contributed by atoms with Crippen molar-refractivity contribution in [2.45, 2.75) is 117 Å². The van der Waals surface area contributed by atoms with Crippen molar-refractivity contribution in [3.63, 3.8) is 0 Å². The predicted molar refractivity (Wildman–Crippen MR) is 180 cm³/mol. The molecule has 9 nitrogen and oxygen atoms in total. The number of esters is 2. The van der Waals surface area contributed by atoms with Crippen LogP contribution < -0.4 is 0 Å². The summed E-state index contributed by atoms with van der Waals surface area (Å²) in [5.41, 5.74) is 2.50. The molecule has 2 heterocycles. The lowest BCUT2D eigenvalue weighted by Crippen LogP contribution is -2.38. The highest BCUT2D eigenvalue weighted by molar-refractivity contribution is 6.08. The first kappa shape index (κ1) is 36.5. The zero-order chi connectivity index (χ0) is 34.0. The number of likely N-dealkylation sites (tertiary alicyclic amines) is 1. The first-order valence-corrected chi connectivity index (χ1v) is 16.3. The minimum Gasteiger partial charge on any atom is -0.462 e. The smallest absolute Gasteiger partial charge is 0.333 e. The molecule has 0 saturated carbocycles. The molecule has 1 aliphatic heterocycles. The lowest BCUT2D eigenvalue weighted by atomic mass is 9.96. The minimum atomic E-state index is -0.797. The monoisotopic (exact) mass is 634 g/mol. The van der Waals surface area contributed by atoms with E-state index in [1.165, 1.54) is 20.8 Å². The van der Waals surface area contributed by atoms with Gasteiger partial charge in [0.15, 0.2) is 0 Å². The molecule has 1 aromatic heterocycles. The Morgan fingerprint density at radius 3 is 1.89 bits per heavy atom. The molecule has 250 valence electrons. The summed E-state index contributed by atoms with van der Waals surface area (Å²) in [6.45, 7) is 14.5. The van der Waals surface area contributed by atoms with E-state index in [9.17, 15) is 24.3 Å². The van der Waals surface area contributed by atoms with Crippen molar-refractivity contribution in [3.8, 4) is 0 Å². The standard InChI is InChI=1S/C34H44N2O6.C3H6O/c1-6-25(36-31-14-9-7-12-29(31)30-13-8-10-15-32(30)36)19-27(42-34(40)22(2)3)21-28(41-24(5)37)20-26(38)18-23(4)35-17-11-16-33(35)39;1-3(2)4/h7-10,12-15,23,25-28,38H,2,6,11,16-21H2,1,3-5H3;1-2H3. The minimum absolute atomic E-state index is 0.0122. The topological polar surface area (TPSA) is 115 Å². The van der Waals surface area contributed by atoms with Crippen LogP contribution in [0.15, 0.2) is 60.7 Å². The van der Waals surface area contributed by atoms with Crippen molar-refractivity contribution < 1.29 is 33.8 Å². The van der Waals surface area contributed by atoms with Crippen molar-refractivity contribution >= 4 is 45.4 Å². The van der Waals surface area contributed by atoms with E-state index in [0.29, 0.717) is 25.8 Å². The quantitative estimate of drug-likeness (QED) is 0.155. The van der Waals surface area contributed by atoms with Gasteiger partial charge in [-0.15, -0.1) is 0 Å². The Labute approximate surface area is 272 Å². The molecule has 1 fully saturated rings. The Morgan fingerprint density at radius 1 is 0.870 bits per heavy atom. The van der Waals surface area contributed by atoms with Gasteiger partial charge in [0, 0.05) is 78.6 Å². The van der Waals surface area contributed by atoms with E-state index in [4.69, 9.17) is 9.47 Å². The first-order valence-electron chi connectivity index (χ1n) is 16.3. The third kappa shape index (κ3) is 10.0. The van der Waals surface area contributed by atoms with Crippen LogP contribution in [0.3, 0.4) is 0 Å². The fourth-order valence-corrected chi connectivity index (χ4v) is 6.32. The number of nitrogens with zero attached hydrogens (tertiary/aromatic N) is 2. The maximum absolute atomic E-state index is 12.8. The Hall–Kier alpha value is -3.98. The Balaban J connectivity index is 0.00000136. The van der Waals surface area contributed by atoms with Gasteiger partial charge in [-0.05, 0) is 59.1 Å². The van der Waals surface area contributed by atoms with Gasteiger partial charge in [-0.25, -0.2) is 4.79 Å². The number of benzene rings is 2. The summed E-state index contributed by atoms with van der Waals surface area (Å²) in [5, 5.41) is 13.3. The van der Waals surface area contributed by atoms with Crippen molar-refractivity contribution in [2.75, 3.05) is 6.54 Å². The third-order valence-corrected chi connectivity index (χ3v) is 8.26. The zero-order valence-electron chi connectivity index (χ0n) is 28.2. The summed E-state index contributed by atoms with van der Waals surface area (Å²) in [4.78, 5) is 48.3. The van der Waals surface area contributed by atoms with Gasteiger partial charge >= 0.3 is 11.9 Å². The summed E-state index contributed by atoms with van der Waals surface area (Å²) in [6.07, 6.45) is 1.38. The van der Waals surface area contributed by atoms with E-state index in [0.717, 1.165) is 34.6 Å². The molecule has 2 aromatic carbocycles. The van der Waals surface area contributed by atoms with Crippen LogP contribution in [-0.4, -0.2) is 69.1 Å². The van der Waals surface area contributed by atoms with Crippen molar-refractivity contribution in [3.05, 3.63) is 60.7 Å². The second-order valence-corrected chi connectivity index (χ2v) is 12.6. The average molecular weight is 635 g/mol. The van der Waals surface area contributed by atoms with Crippen LogP contribution in [0.2, 0.25) is 0 Å². The number of amides is 1. The fourth-order valence-electron chi connectivity index (χ4n) is 6.32. The molecule has 0 aliphatic carbocycles. The molecule has 3 aromatic rings. The Kier molecular flexibility index (Phi) is 13.5. The number of ketones is 1. The van der Waals surface area contributed by atoms with Crippen molar-refractivity contribution in [1.82, 2.24) is 9.47 Å². The van der Waals surface area contributed by atoms with Crippen molar-refractivity contribution in [1.29, 1.82) is 0 Å². The molecular weight excluding hydrogens is 584 g/mol. The Bertz CT molecular complexity index is 1470. The van der Waals surface area contributed by atoms with Crippen LogP contribution in [0.5, 0.6) is 0 Å². The number of hydrogen-bond acceptors (Lipinski definition) is 7. The maximum Gasteiger partial charge on any atom is 0.333 e. The SMILES string of the molecule is C=C(C)C(=O)OC(CC(CC(O)CC(C)N1CCCC1=O)OC(C)=O)CC(CC)n1c2ccccc2c2ccccc21.CC(C)=O. The van der Waals surface area contributed by atoms with Gasteiger partial charge in [-0.3, -0.25) is 9.59 Å². The lowest BCUT2D eigenvalue weighted by Gasteiger charge is -2.30. The van der Waals surface area contributed by atoms with E-state index in [2.05, 4.69) is 42.3 Å². The number of ether oxygens (including phenoxy) is 2. The van der Waals surface area contributed by atoms with Gasteiger partial charge in [-0.1, -0.05) is 49.9 Å². The lowest BCUT2D eigenvalue weighted by molar-refractivity contribution is -0.153. The van der Waals surface area contributed by atoms with E-state index in [1.54, 1.807) is 11.8 Å². The molecule has 1 amide bonds. The van der Waals surface area contributed by atoms with E-state index in [1.807, 2.05) is 31.2 Å². The Morgan fingerprint density at radius 2 is 1.41 bits per heavy atom. The number of carbonyl (C=O) groups excluding carboxylic acids is 4. The normalized spacial score (nSPS) is 16.2. The summed E-state index contributed by atoms with van der Waals surface area (Å²) in [6, 6.07) is 16.4. The summed E-state index contributed by atoms with van der Waals surface area (Å²) in [5.74, 6) is -0.691. The number of aliphatic hydroxyl groups is 1. The van der Waals surface area contributed by atoms with Gasteiger partial charge in [-0.2, -0.15) is 0 Å². The molecule has 4 rings (SSSR count). The highest BCUT2D eigenvalue weighted by Gasteiger charge is 2.31. The third-order valence-electron chi connectivity index (χ3n) is 8.26. The van der Waals surface area contributed by atoms with Crippen LogP contribution in [0.1, 0.15) is 92.5 Å². The molecule has 0 spiro atoms. The van der Waals surface area contributed by atoms with Crippen LogP contribution in [0.4, 0.5) is 0 Å². The second-order valence-electron chi connectivity index (χ2n) is 12.6. The van der Waals surface area contributed by atoms with Crippen LogP contribution in [0, 0.1) is 0 Å². The molecule has 5 atom stereocenters. The van der Waals surface area contributed by atoms with Gasteiger partial charge in [0.1, 0.15) is 18.0 Å². The molecule has 0 radical (unpaired) electrons. The van der Waals surface area contributed by atoms with E-state index in [-0.39, 0.29) is 42.2 Å². The highest BCUT2D eigenvalue weighted by Crippen LogP contribution is 2.35. The van der Waals surface area contributed by atoms with Crippen LogP contribution >= 0.6 is 0 Å². The number of carbonyl (C=O) groups is 4. The number of hydrogen-bond donors (Lipinski definition) is 1. The van der Waals surface area contributed by atoms with Gasteiger partial charge in [0.2, 0.25) is 5.91 Å². The molecule has 0 bridgehead atoms. The molecule has 1 aliphatic rings. The van der Waals surface area contributed by atoms with Gasteiger partial charge < -0.3 is 28.8 Å². The van der Waals surface area contributed by atoms with Crippen molar-refractivity contribution in [2.24, 2.45) is 0 Å². The number of para-hydroxylation sites is 2. The average Bonchev–Trinajstić information content (AvgIpc) is 3.56. The summed E-state index contributed by atoms with van der Waals surface area (Å²) in [7, 11) is 0.